The number of hydrogen-bond donors (Lipinski definition) is 1. The number of likely N-dealkylation sites (tertiary alicyclic amines) is 1. The van der Waals surface area contributed by atoms with Crippen molar-refractivity contribution in [2.75, 3.05) is 26.2 Å². The lowest BCUT2D eigenvalue weighted by Crippen LogP contribution is -2.44. The Morgan fingerprint density at radius 2 is 1.96 bits per heavy atom. The number of piperidine rings is 1. The third kappa shape index (κ3) is 3.90. The average Bonchev–Trinajstić information content (AvgIpc) is 3.27. The Morgan fingerprint density at radius 3 is 2.54 bits per heavy atom. The number of amides is 1. The molecular formula is C19H25Cl2N3O2. The van der Waals surface area contributed by atoms with E-state index >= 15 is 0 Å². The van der Waals surface area contributed by atoms with Crippen LogP contribution in [-0.2, 0) is 0 Å². The van der Waals surface area contributed by atoms with E-state index in [0.717, 1.165) is 56.2 Å². The quantitative estimate of drug-likeness (QED) is 0.838. The van der Waals surface area contributed by atoms with Crippen molar-refractivity contribution in [1.82, 2.24) is 15.2 Å². The topological polar surface area (TPSA) is 58.4 Å². The molecule has 0 unspecified atom stereocenters. The number of aryl methyl sites for hydroxylation is 1. The van der Waals surface area contributed by atoms with Gasteiger partial charge in [-0.2, -0.15) is 0 Å². The van der Waals surface area contributed by atoms with E-state index in [0.29, 0.717) is 11.0 Å². The molecule has 0 radical (unpaired) electrons. The predicted octanol–water partition coefficient (Wildman–Crippen LogP) is 3.71. The summed E-state index contributed by atoms with van der Waals surface area (Å²) in [4.78, 5) is 19.4. The number of nitrogens with one attached hydrogen (secondary N) is 1. The number of pyridine rings is 1. The number of nitrogens with zero attached hydrogens (tertiary/aromatic N) is 2. The van der Waals surface area contributed by atoms with Gasteiger partial charge < -0.3 is 14.6 Å². The summed E-state index contributed by atoms with van der Waals surface area (Å²) in [6.07, 6.45) is 5.08. The Hall–Kier alpha value is -1.56. The minimum Gasteiger partial charge on any atom is -0.463 e. The van der Waals surface area contributed by atoms with E-state index in [-0.39, 0.29) is 30.7 Å². The van der Waals surface area contributed by atoms with Gasteiger partial charge in [0, 0.05) is 19.6 Å². The number of hydrogen-bond acceptors (Lipinski definition) is 4. The molecule has 1 N–H and O–H groups in total. The van der Waals surface area contributed by atoms with Crippen LogP contribution in [0.2, 0.25) is 0 Å². The van der Waals surface area contributed by atoms with Crippen molar-refractivity contribution in [1.29, 1.82) is 0 Å². The maximum atomic E-state index is 12.9. The molecular weight excluding hydrogens is 373 g/mol. The van der Waals surface area contributed by atoms with Gasteiger partial charge in [-0.1, -0.05) is 0 Å². The molecule has 2 saturated heterocycles. The molecule has 1 spiro atoms. The first kappa shape index (κ1) is 20.7. The molecule has 5 nitrogen and oxygen atoms in total. The van der Waals surface area contributed by atoms with Gasteiger partial charge in [0.1, 0.15) is 5.69 Å². The highest BCUT2D eigenvalue weighted by Crippen LogP contribution is 2.37. The van der Waals surface area contributed by atoms with Gasteiger partial charge in [-0.25, -0.2) is 4.98 Å². The molecule has 26 heavy (non-hydrogen) atoms. The molecule has 0 aliphatic carbocycles. The van der Waals surface area contributed by atoms with E-state index in [1.807, 2.05) is 36.1 Å². The first-order valence-electron chi connectivity index (χ1n) is 8.68. The zero-order valence-corrected chi connectivity index (χ0v) is 16.5. The molecule has 2 aliphatic heterocycles. The largest absolute Gasteiger partial charge is 0.463 e. The number of carbonyl (C=O) groups excluding carboxylic acids is 1. The van der Waals surface area contributed by atoms with Gasteiger partial charge in [-0.05, 0) is 62.4 Å². The van der Waals surface area contributed by atoms with Crippen LogP contribution in [-0.4, -0.2) is 42.0 Å². The molecule has 0 atom stereocenters. The van der Waals surface area contributed by atoms with Gasteiger partial charge in [0.25, 0.3) is 5.91 Å². The lowest BCUT2D eigenvalue weighted by Gasteiger charge is -2.39. The summed E-state index contributed by atoms with van der Waals surface area (Å²) < 4.78 is 5.38. The summed E-state index contributed by atoms with van der Waals surface area (Å²) in [5, 5.41) is 3.46. The molecule has 7 heteroatoms. The zero-order chi connectivity index (χ0) is 16.6. The molecule has 2 aromatic rings. The van der Waals surface area contributed by atoms with Gasteiger partial charge >= 0.3 is 0 Å². The fraction of sp³-hybridized carbons (Fsp3) is 0.474. The van der Waals surface area contributed by atoms with Crippen LogP contribution in [0.15, 0.2) is 34.9 Å². The molecule has 142 valence electrons. The Labute approximate surface area is 166 Å². The first-order chi connectivity index (χ1) is 11.7. The maximum absolute atomic E-state index is 12.9. The van der Waals surface area contributed by atoms with Crippen LogP contribution in [0.1, 0.15) is 35.3 Å². The Balaban J connectivity index is 0.00000121. The third-order valence-electron chi connectivity index (χ3n) is 5.53. The first-order valence-corrected chi connectivity index (χ1v) is 8.68. The van der Waals surface area contributed by atoms with Crippen molar-refractivity contribution in [2.24, 2.45) is 5.41 Å². The Morgan fingerprint density at radius 1 is 1.19 bits per heavy atom. The van der Waals surface area contributed by atoms with E-state index in [4.69, 9.17) is 4.42 Å². The summed E-state index contributed by atoms with van der Waals surface area (Å²) in [6, 6.07) is 7.46. The smallest absolute Gasteiger partial charge is 0.255 e. The summed E-state index contributed by atoms with van der Waals surface area (Å²) in [5.41, 5.74) is 2.65. The fourth-order valence-corrected chi connectivity index (χ4v) is 3.93. The van der Waals surface area contributed by atoms with Crippen LogP contribution >= 0.6 is 24.8 Å². The molecule has 0 saturated carbocycles. The highest BCUT2D eigenvalue weighted by molar-refractivity contribution is 5.95. The molecule has 2 fully saturated rings. The lowest BCUT2D eigenvalue weighted by atomic mass is 9.78. The second-order valence-corrected chi connectivity index (χ2v) is 7.03. The lowest BCUT2D eigenvalue weighted by molar-refractivity contribution is 0.0606. The second-order valence-electron chi connectivity index (χ2n) is 7.03. The van der Waals surface area contributed by atoms with E-state index < -0.39 is 0 Å². The van der Waals surface area contributed by atoms with Crippen molar-refractivity contribution in [3.8, 4) is 11.5 Å². The summed E-state index contributed by atoms with van der Waals surface area (Å²) in [7, 11) is 0. The number of furan rings is 1. The summed E-state index contributed by atoms with van der Waals surface area (Å²) in [6.45, 7) is 5.81. The average molecular weight is 398 g/mol. The predicted molar refractivity (Wildman–Crippen MR) is 106 cm³/mol. The van der Waals surface area contributed by atoms with E-state index in [1.165, 1.54) is 6.42 Å². The minimum atomic E-state index is 0. The van der Waals surface area contributed by atoms with Crippen LogP contribution in [0.3, 0.4) is 0 Å². The van der Waals surface area contributed by atoms with E-state index in [9.17, 15) is 4.79 Å². The van der Waals surface area contributed by atoms with Gasteiger partial charge in [-0.3, -0.25) is 4.79 Å². The molecule has 0 aromatic carbocycles. The van der Waals surface area contributed by atoms with Crippen molar-refractivity contribution in [3.63, 3.8) is 0 Å². The Kier molecular flexibility index (Phi) is 6.72. The van der Waals surface area contributed by atoms with Crippen LogP contribution in [0, 0.1) is 12.3 Å². The molecule has 4 rings (SSSR count). The molecule has 2 aliphatic rings. The van der Waals surface area contributed by atoms with Crippen molar-refractivity contribution < 1.29 is 9.21 Å². The van der Waals surface area contributed by atoms with Gasteiger partial charge in [0.05, 0.1) is 17.5 Å². The number of rotatable bonds is 2. The molecule has 1 amide bonds. The Bertz CT molecular complexity index is 733. The number of halogens is 2. The van der Waals surface area contributed by atoms with Crippen LogP contribution in [0.4, 0.5) is 0 Å². The SMILES string of the molecule is Cc1nc(-c2ccco2)ccc1C(=O)N1CCC2(CCNC2)CC1.Cl.Cl. The zero-order valence-electron chi connectivity index (χ0n) is 14.9. The second kappa shape index (κ2) is 8.42. The summed E-state index contributed by atoms with van der Waals surface area (Å²) >= 11 is 0. The van der Waals surface area contributed by atoms with Crippen molar-refractivity contribution in [3.05, 3.63) is 41.8 Å². The number of carbonyl (C=O) groups is 1. The van der Waals surface area contributed by atoms with Crippen LogP contribution < -0.4 is 5.32 Å². The molecule has 2 aromatic heterocycles. The maximum Gasteiger partial charge on any atom is 0.255 e. The van der Waals surface area contributed by atoms with Crippen LogP contribution in [0.25, 0.3) is 11.5 Å². The number of aromatic nitrogens is 1. The highest BCUT2D eigenvalue weighted by Gasteiger charge is 2.38. The normalized spacial score (nSPS) is 18.3. The molecule has 4 heterocycles. The summed E-state index contributed by atoms with van der Waals surface area (Å²) in [5.74, 6) is 0.831. The van der Waals surface area contributed by atoms with Gasteiger partial charge in [0.15, 0.2) is 5.76 Å². The van der Waals surface area contributed by atoms with E-state index in [1.54, 1.807) is 6.26 Å². The van der Waals surface area contributed by atoms with Crippen molar-refractivity contribution >= 4 is 30.7 Å². The van der Waals surface area contributed by atoms with Gasteiger partial charge in [-0.15, -0.1) is 24.8 Å². The van der Waals surface area contributed by atoms with E-state index in [2.05, 4.69) is 10.3 Å². The minimum absolute atomic E-state index is 0. The van der Waals surface area contributed by atoms with Crippen LogP contribution in [0.5, 0.6) is 0 Å². The van der Waals surface area contributed by atoms with Crippen molar-refractivity contribution in [2.45, 2.75) is 26.2 Å². The fourth-order valence-electron chi connectivity index (χ4n) is 3.93. The standard InChI is InChI=1S/C19H23N3O2.2ClH/c1-14-15(4-5-16(21-14)17-3-2-12-24-17)18(23)22-10-7-19(8-11-22)6-9-20-13-19;;/h2-5,12,20H,6-11,13H2,1H3;2*1H. The monoisotopic (exact) mass is 397 g/mol. The van der Waals surface area contributed by atoms with Gasteiger partial charge in [0.2, 0.25) is 0 Å². The highest BCUT2D eigenvalue weighted by atomic mass is 35.5. The molecule has 0 bridgehead atoms. The third-order valence-corrected chi connectivity index (χ3v) is 5.53.